The smallest absolute Gasteiger partial charge is 0.254 e. The van der Waals surface area contributed by atoms with Crippen LogP contribution in [0.1, 0.15) is 27.0 Å². The van der Waals surface area contributed by atoms with Gasteiger partial charge in [0.2, 0.25) is 0 Å². The molecule has 2 aromatic carbocycles. The van der Waals surface area contributed by atoms with Crippen molar-refractivity contribution in [3.8, 4) is 5.75 Å². The van der Waals surface area contributed by atoms with E-state index in [1.165, 1.54) is 11.1 Å². The zero-order chi connectivity index (χ0) is 13.4. The molecular formula is C16H15NO2. The summed E-state index contributed by atoms with van der Waals surface area (Å²) in [4.78, 5) is 14.2. The first-order valence-corrected chi connectivity index (χ1v) is 6.31. The van der Waals surface area contributed by atoms with Gasteiger partial charge in [0.05, 0.1) is 0 Å². The Kier molecular flexibility index (Phi) is 2.75. The average Bonchev–Trinajstić information content (AvgIpc) is 2.85. The second-order valence-corrected chi connectivity index (χ2v) is 4.93. The van der Waals surface area contributed by atoms with E-state index in [1.807, 2.05) is 19.1 Å². The van der Waals surface area contributed by atoms with E-state index in [-0.39, 0.29) is 11.7 Å². The summed E-state index contributed by atoms with van der Waals surface area (Å²) in [6.45, 7) is 3.10. The number of fused-ring (bicyclic) bond motifs is 1. The second-order valence-electron chi connectivity index (χ2n) is 4.93. The van der Waals surface area contributed by atoms with Gasteiger partial charge in [-0.15, -0.1) is 0 Å². The fraction of sp³-hybridized carbons (Fsp3) is 0.188. The molecule has 0 aromatic heterocycles. The number of carbonyl (C=O) groups is 1. The minimum absolute atomic E-state index is 0.0356. The van der Waals surface area contributed by atoms with Crippen molar-refractivity contribution < 1.29 is 9.90 Å². The molecule has 0 saturated heterocycles. The Bertz CT molecular complexity index is 624. The Morgan fingerprint density at radius 1 is 1.11 bits per heavy atom. The molecule has 0 spiro atoms. The first kappa shape index (κ1) is 11.8. The molecule has 19 heavy (non-hydrogen) atoms. The van der Waals surface area contributed by atoms with Gasteiger partial charge in [-0.25, -0.2) is 0 Å². The van der Waals surface area contributed by atoms with Gasteiger partial charge in [0.1, 0.15) is 5.75 Å². The van der Waals surface area contributed by atoms with Gasteiger partial charge >= 0.3 is 0 Å². The van der Waals surface area contributed by atoms with Crippen molar-refractivity contribution in [3.05, 3.63) is 64.7 Å². The minimum atomic E-state index is -0.0356. The molecule has 0 unspecified atom stereocenters. The zero-order valence-corrected chi connectivity index (χ0v) is 10.8. The lowest BCUT2D eigenvalue weighted by atomic mass is 10.1. The van der Waals surface area contributed by atoms with Crippen molar-refractivity contribution >= 4 is 5.91 Å². The molecule has 0 saturated carbocycles. The topological polar surface area (TPSA) is 40.5 Å². The molecule has 1 aliphatic rings. The fourth-order valence-electron chi connectivity index (χ4n) is 2.40. The lowest BCUT2D eigenvalue weighted by molar-refractivity contribution is 0.0751. The van der Waals surface area contributed by atoms with Crippen molar-refractivity contribution in [2.45, 2.75) is 20.0 Å². The lowest BCUT2D eigenvalue weighted by Gasteiger charge is -2.15. The molecule has 0 aliphatic carbocycles. The summed E-state index contributed by atoms with van der Waals surface area (Å²) < 4.78 is 0. The van der Waals surface area contributed by atoms with Crippen LogP contribution in [-0.2, 0) is 13.1 Å². The van der Waals surface area contributed by atoms with Gasteiger partial charge < -0.3 is 10.0 Å². The Morgan fingerprint density at radius 2 is 1.74 bits per heavy atom. The van der Waals surface area contributed by atoms with E-state index in [0.29, 0.717) is 18.7 Å². The molecule has 2 aromatic rings. The maximum atomic E-state index is 12.4. The number of aromatic hydroxyl groups is 1. The minimum Gasteiger partial charge on any atom is -0.508 e. The average molecular weight is 253 g/mol. The Hall–Kier alpha value is -2.29. The number of amides is 1. The van der Waals surface area contributed by atoms with E-state index in [1.54, 1.807) is 23.1 Å². The Labute approximate surface area is 112 Å². The lowest BCUT2D eigenvalue weighted by Crippen LogP contribution is -2.25. The van der Waals surface area contributed by atoms with Crippen LogP contribution in [0.5, 0.6) is 5.75 Å². The number of rotatable bonds is 1. The third-order valence-electron chi connectivity index (χ3n) is 3.58. The SMILES string of the molecule is Cc1ccc(C(=O)N2Cc3ccccc3C2)cc1O. The first-order valence-electron chi connectivity index (χ1n) is 6.31. The molecular weight excluding hydrogens is 238 g/mol. The molecule has 3 rings (SSSR count). The van der Waals surface area contributed by atoms with Gasteiger partial charge in [0, 0.05) is 18.7 Å². The molecule has 0 bridgehead atoms. The summed E-state index contributed by atoms with van der Waals surface area (Å²) in [7, 11) is 0. The van der Waals surface area contributed by atoms with Crippen LogP contribution in [0.4, 0.5) is 0 Å². The summed E-state index contributed by atoms with van der Waals surface area (Å²) in [5.74, 6) is 0.133. The maximum Gasteiger partial charge on any atom is 0.254 e. The normalized spacial score (nSPS) is 13.4. The van der Waals surface area contributed by atoms with Crippen LogP contribution in [0.2, 0.25) is 0 Å². The highest BCUT2D eigenvalue weighted by Gasteiger charge is 2.24. The van der Waals surface area contributed by atoms with Gasteiger partial charge in [-0.2, -0.15) is 0 Å². The highest BCUT2D eigenvalue weighted by atomic mass is 16.3. The van der Waals surface area contributed by atoms with Crippen LogP contribution < -0.4 is 0 Å². The molecule has 0 radical (unpaired) electrons. The monoisotopic (exact) mass is 253 g/mol. The number of aryl methyl sites for hydroxylation is 1. The van der Waals surface area contributed by atoms with Gasteiger partial charge in [0.15, 0.2) is 0 Å². The summed E-state index contributed by atoms with van der Waals surface area (Å²) in [6, 6.07) is 13.2. The quantitative estimate of drug-likeness (QED) is 0.849. The van der Waals surface area contributed by atoms with Crippen molar-refractivity contribution in [1.82, 2.24) is 4.90 Å². The van der Waals surface area contributed by atoms with E-state index < -0.39 is 0 Å². The van der Waals surface area contributed by atoms with E-state index in [4.69, 9.17) is 0 Å². The summed E-state index contributed by atoms with van der Waals surface area (Å²) in [5.41, 5.74) is 3.72. The van der Waals surface area contributed by atoms with Crippen molar-refractivity contribution in [2.24, 2.45) is 0 Å². The van der Waals surface area contributed by atoms with Gasteiger partial charge in [-0.1, -0.05) is 30.3 Å². The molecule has 3 heteroatoms. The Balaban J connectivity index is 1.85. The number of hydrogen-bond donors (Lipinski definition) is 1. The number of hydrogen-bond acceptors (Lipinski definition) is 2. The summed E-state index contributed by atoms with van der Waals surface area (Å²) >= 11 is 0. The maximum absolute atomic E-state index is 12.4. The number of phenolic OH excluding ortho intramolecular Hbond substituents is 1. The van der Waals surface area contributed by atoms with E-state index in [0.717, 1.165) is 5.56 Å². The third-order valence-corrected chi connectivity index (χ3v) is 3.58. The number of benzene rings is 2. The molecule has 96 valence electrons. The molecule has 0 fully saturated rings. The standard InChI is InChI=1S/C16H15NO2/c1-11-6-7-12(8-15(11)18)16(19)17-9-13-4-2-3-5-14(13)10-17/h2-8,18H,9-10H2,1H3. The van der Waals surface area contributed by atoms with Crippen LogP contribution >= 0.6 is 0 Å². The Morgan fingerprint density at radius 3 is 2.32 bits per heavy atom. The first-order chi connectivity index (χ1) is 9.15. The predicted octanol–water partition coefficient (Wildman–Crippen LogP) is 2.86. The van der Waals surface area contributed by atoms with E-state index in [9.17, 15) is 9.90 Å². The summed E-state index contributed by atoms with van der Waals surface area (Å²) in [6.07, 6.45) is 0. The third kappa shape index (κ3) is 2.08. The fourth-order valence-corrected chi connectivity index (χ4v) is 2.40. The van der Waals surface area contributed by atoms with E-state index >= 15 is 0 Å². The van der Waals surface area contributed by atoms with Crippen molar-refractivity contribution in [3.63, 3.8) is 0 Å². The van der Waals surface area contributed by atoms with E-state index in [2.05, 4.69) is 12.1 Å². The second kappa shape index (κ2) is 4.43. The largest absolute Gasteiger partial charge is 0.508 e. The molecule has 1 N–H and O–H groups in total. The molecule has 1 aliphatic heterocycles. The number of carbonyl (C=O) groups excluding carboxylic acids is 1. The highest BCUT2D eigenvalue weighted by molar-refractivity contribution is 5.95. The van der Waals surface area contributed by atoms with Crippen LogP contribution in [0.15, 0.2) is 42.5 Å². The van der Waals surface area contributed by atoms with Crippen molar-refractivity contribution in [2.75, 3.05) is 0 Å². The van der Waals surface area contributed by atoms with Crippen LogP contribution in [0.3, 0.4) is 0 Å². The van der Waals surface area contributed by atoms with Crippen LogP contribution in [-0.4, -0.2) is 15.9 Å². The molecule has 1 amide bonds. The molecule has 1 heterocycles. The highest BCUT2D eigenvalue weighted by Crippen LogP contribution is 2.25. The predicted molar refractivity (Wildman–Crippen MR) is 72.9 cm³/mol. The molecule has 0 atom stereocenters. The van der Waals surface area contributed by atoms with Crippen molar-refractivity contribution in [1.29, 1.82) is 0 Å². The number of phenols is 1. The summed E-state index contributed by atoms with van der Waals surface area (Å²) in [5, 5.41) is 9.69. The molecule has 3 nitrogen and oxygen atoms in total. The number of nitrogens with zero attached hydrogens (tertiary/aromatic N) is 1. The van der Waals surface area contributed by atoms with Crippen LogP contribution in [0.25, 0.3) is 0 Å². The van der Waals surface area contributed by atoms with Crippen LogP contribution in [0, 0.1) is 6.92 Å². The van der Waals surface area contributed by atoms with Gasteiger partial charge in [-0.3, -0.25) is 4.79 Å². The van der Waals surface area contributed by atoms with Gasteiger partial charge in [-0.05, 0) is 35.7 Å². The zero-order valence-electron chi connectivity index (χ0n) is 10.8. The van der Waals surface area contributed by atoms with Gasteiger partial charge in [0.25, 0.3) is 5.91 Å².